The Bertz CT molecular complexity index is 353. The third-order valence-corrected chi connectivity index (χ3v) is 3.78. The van der Waals surface area contributed by atoms with E-state index in [4.69, 9.17) is 5.73 Å². The number of hydrogen-bond donors (Lipinski definition) is 2. The molecule has 1 aromatic rings. The van der Waals surface area contributed by atoms with E-state index in [9.17, 15) is 5.11 Å². The lowest BCUT2D eigenvalue weighted by atomic mass is 9.78. The molecule has 1 aliphatic carbocycles. The van der Waals surface area contributed by atoms with E-state index in [0.717, 1.165) is 25.3 Å². The van der Waals surface area contributed by atoms with Crippen LogP contribution in [0.15, 0.2) is 12.4 Å². The first kappa shape index (κ1) is 12.6. The molecule has 3 N–H and O–H groups in total. The van der Waals surface area contributed by atoms with Crippen molar-refractivity contribution in [1.29, 1.82) is 0 Å². The van der Waals surface area contributed by atoms with Crippen molar-refractivity contribution in [2.75, 3.05) is 13.2 Å². The number of rotatable bonds is 7. The fourth-order valence-corrected chi connectivity index (χ4v) is 2.45. The molecule has 0 amide bonds. The molecule has 0 radical (unpaired) electrons. The Hall–Kier alpha value is -0.870. The molecule has 0 aliphatic heterocycles. The Morgan fingerprint density at radius 2 is 2.35 bits per heavy atom. The van der Waals surface area contributed by atoms with Gasteiger partial charge in [-0.15, -0.1) is 0 Å². The highest BCUT2D eigenvalue weighted by Gasteiger charge is 2.36. The van der Waals surface area contributed by atoms with E-state index in [-0.39, 0.29) is 12.0 Å². The smallest absolute Gasteiger partial charge is 0.0521 e. The zero-order chi connectivity index (χ0) is 12.3. The topological polar surface area (TPSA) is 64.1 Å². The molecule has 0 bridgehead atoms. The number of aliphatic hydroxyl groups is 1. The molecule has 17 heavy (non-hydrogen) atoms. The minimum atomic E-state index is -0.136. The van der Waals surface area contributed by atoms with Crippen LogP contribution >= 0.6 is 0 Å². The Morgan fingerprint density at radius 3 is 2.82 bits per heavy atom. The van der Waals surface area contributed by atoms with Crippen LogP contribution in [-0.4, -0.2) is 28.0 Å². The van der Waals surface area contributed by atoms with Crippen molar-refractivity contribution >= 4 is 0 Å². The van der Waals surface area contributed by atoms with Gasteiger partial charge < -0.3 is 10.8 Å². The van der Waals surface area contributed by atoms with Gasteiger partial charge in [-0.25, -0.2) is 0 Å². The van der Waals surface area contributed by atoms with Crippen molar-refractivity contribution in [3.63, 3.8) is 0 Å². The first-order valence-corrected chi connectivity index (χ1v) is 6.53. The van der Waals surface area contributed by atoms with Gasteiger partial charge in [0.1, 0.15) is 0 Å². The van der Waals surface area contributed by atoms with Crippen LogP contribution in [0.1, 0.15) is 31.7 Å². The highest BCUT2D eigenvalue weighted by atomic mass is 16.3. The van der Waals surface area contributed by atoms with Crippen molar-refractivity contribution < 1.29 is 5.11 Å². The first-order chi connectivity index (χ1) is 8.21. The van der Waals surface area contributed by atoms with Gasteiger partial charge in [0, 0.05) is 24.7 Å². The molecule has 0 spiro atoms. The monoisotopic (exact) mass is 237 g/mol. The van der Waals surface area contributed by atoms with Gasteiger partial charge in [-0.05, 0) is 31.2 Å². The van der Waals surface area contributed by atoms with Crippen LogP contribution in [-0.2, 0) is 13.0 Å². The van der Waals surface area contributed by atoms with Crippen molar-refractivity contribution in [1.82, 2.24) is 9.78 Å². The molecule has 1 unspecified atom stereocenters. The maximum absolute atomic E-state index is 9.67. The second-order valence-corrected chi connectivity index (χ2v) is 5.39. The molecule has 4 heteroatoms. The van der Waals surface area contributed by atoms with E-state index in [1.807, 2.05) is 10.9 Å². The molecule has 2 rings (SSSR count). The number of hydrogen-bond acceptors (Lipinski definition) is 3. The number of nitrogens with zero attached hydrogens (tertiary/aromatic N) is 2. The van der Waals surface area contributed by atoms with Crippen LogP contribution in [0, 0.1) is 11.3 Å². The van der Waals surface area contributed by atoms with Gasteiger partial charge in [0.05, 0.1) is 12.8 Å². The summed E-state index contributed by atoms with van der Waals surface area (Å²) in [5.41, 5.74) is 6.95. The summed E-state index contributed by atoms with van der Waals surface area (Å²) in [6.45, 7) is 3.69. The van der Waals surface area contributed by atoms with Crippen molar-refractivity contribution in [2.45, 2.75) is 39.2 Å². The predicted molar refractivity (Wildman–Crippen MR) is 67.5 cm³/mol. The number of nitrogens with two attached hydrogens (primary N) is 1. The molecule has 0 saturated heterocycles. The summed E-state index contributed by atoms with van der Waals surface area (Å²) in [6, 6.07) is 0. The Balaban J connectivity index is 2.04. The summed E-state index contributed by atoms with van der Waals surface area (Å²) >= 11 is 0. The van der Waals surface area contributed by atoms with Crippen LogP contribution in [0.25, 0.3) is 0 Å². The molecular formula is C13H23N3O. The van der Waals surface area contributed by atoms with E-state index >= 15 is 0 Å². The molecule has 0 aromatic carbocycles. The molecule has 1 saturated carbocycles. The summed E-state index contributed by atoms with van der Waals surface area (Å²) < 4.78 is 1.92. The maximum Gasteiger partial charge on any atom is 0.0521 e. The summed E-state index contributed by atoms with van der Waals surface area (Å²) in [7, 11) is 0. The van der Waals surface area contributed by atoms with Gasteiger partial charge in [0.15, 0.2) is 0 Å². The molecule has 1 aromatic heterocycles. The quantitative estimate of drug-likeness (QED) is 0.748. The molecule has 1 fully saturated rings. The SMILES string of the molecule is CCn1cc(CC(CN)(CO)CC2CC2)cn1. The molecule has 4 nitrogen and oxygen atoms in total. The third kappa shape index (κ3) is 3.07. The summed E-state index contributed by atoms with van der Waals surface area (Å²) in [4.78, 5) is 0. The summed E-state index contributed by atoms with van der Waals surface area (Å²) in [5, 5.41) is 13.9. The van der Waals surface area contributed by atoms with Crippen molar-refractivity contribution in [2.24, 2.45) is 17.1 Å². The fraction of sp³-hybridized carbons (Fsp3) is 0.769. The summed E-state index contributed by atoms with van der Waals surface area (Å²) in [5.74, 6) is 0.784. The lowest BCUT2D eigenvalue weighted by molar-refractivity contribution is 0.115. The lowest BCUT2D eigenvalue weighted by Gasteiger charge is -2.30. The van der Waals surface area contributed by atoms with Crippen molar-refractivity contribution in [3.8, 4) is 0 Å². The second-order valence-electron chi connectivity index (χ2n) is 5.39. The van der Waals surface area contributed by atoms with Gasteiger partial charge >= 0.3 is 0 Å². The largest absolute Gasteiger partial charge is 0.396 e. The van der Waals surface area contributed by atoms with Crippen molar-refractivity contribution in [3.05, 3.63) is 18.0 Å². The Kier molecular flexibility index (Phi) is 3.84. The average molecular weight is 237 g/mol. The lowest BCUT2D eigenvalue weighted by Crippen LogP contribution is -2.37. The molecule has 1 heterocycles. The zero-order valence-corrected chi connectivity index (χ0v) is 10.6. The van der Waals surface area contributed by atoms with E-state index in [1.54, 1.807) is 0 Å². The first-order valence-electron chi connectivity index (χ1n) is 6.53. The third-order valence-electron chi connectivity index (χ3n) is 3.78. The van der Waals surface area contributed by atoms with Crippen LogP contribution in [0.3, 0.4) is 0 Å². The Morgan fingerprint density at radius 1 is 1.59 bits per heavy atom. The highest BCUT2D eigenvalue weighted by molar-refractivity contribution is 5.09. The zero-order valence-electron chi connectivity index (χ0n) is 10.6. The van der Waals surface area contributed by atoms with Gasteiger partial charge in [0.2, 0.25) is 0 Å². The van der Waals surface area contributed by atoms with Crippen LogP contribution in [0.2, 0.25) is 0 Å². The standard InChI is InChI=1S/C13H23N3O/c1-2-16-8-12(7-15-16)6-13(9-14,10-17)5-11-3-4-11/h7-8,11,17H,2-6,9-10,14H2,1H3. The highest BCUT2D eigenvalue weighted by Crippen LogP contribution is 2.41. The van der Waals surface area contributed by atoms with Gasteiger partial charge in [0.25, 0.3) is 0 Å². The number of aromatic nitrogens is 2. The molecule has 1 aliphatic rings. The minimum absolute atomic E-state index is 0.136. The van der Waals surface area contributed by atoms with E-state index in [2.05, 4.69) is 18.2 Å². The van der Waals surface area contributed by atoms with E-state index in [1.165, 1.54) is 18.4 Å². The summed E-state index contributed by atoms with van der Waals surface area (Å²) in [6.07, 6.45) is 8.46. The Labute approximate surface area is 103 Å². The van der Waals surface area contributed by atoms with Gasteiger partial charge in [-0.1, -0.05) is 12.8 Å². The normalized spacial score (nSPS) is 19.2. The molecular weight excluding hydrogens is 214 g/mol. The second kappa shape index (κ2) is 5.19. The average Bonchev–Trinajstić information content (AvgIpc) is 3.05. The van der Waals surface area contributed by atoms with Gasteiger partial charge in [-0.3, -0.25) is 4.68 Å². The van der Waals surface area contributed by atoms with Gasteiger partial charge in [-0.2, -0.15) is 5.10 Å². The maximum atomic E-state index is 9.67. The molecule has 1 atom stereocenters. The number of aryl methyl sites for hydroxylation is 1. The van der Waals surface area contributed by atoms with Crippen LogP contribution in [0.5, 0.6) is 0 Å². The van der Waals surface area contributed by atoms with Crippen LogP contribution in [0.4, 0.5) is 0 Å². The van der Waals surface area contributed by atoms with Crippen LogP contribution < -0.4 is 5.73 Å². The predicted octanol–water partition coefficient (Wildman–Crippen LogP) is 1.18. The fourth-order valence-electron chi connectivity index (χ4n) is 2.45. The van der Waals surface area contributed by atoms with E-state index in [0.29, 0.717) is 6.54 Å². The van der Waals surface area contributed by atoms with E-state index < -0.39 is 0 Å². The molecule has 96 valence electrons. The number of aliphatic hydroxyl groups excluding tert-OH is 1. The minimum Gasteiger partial charge on any atom is -0.396 e.